The number of carbonyl (C=O) groups is 4. The first-order valence-corrected chi connectivity index (χ1v) is 11.4. The second kappa shape index (κ2) is 9.97. The van der Waals surface area contributed by atoms with E-state index >= 15 is 0 Å². The molecular weight excluding hydrogens is 616 g/mol. The third kappa shape index (κ3) is 5.11. The number of aryl methyl sites for hydroxylation is 1. The molecule has 8 nitrogen and oxygen atoms in total. The van der Waals surface area contributed by atoms with Gasteiger partial charge in [0.05, 0.1) is 21.7 Å². The van der Waals surface area contributed by atoms with Gasteiger partial charge in [-0.05, 0) is 86.3 Å². The Kier molecular flexibility index (Phi) is 7.52. The van der Waals surface area contributed by atoms with Crippen molar-refractivity contribution in [2.45, 2.75) is 6.92 Å². The van der Waals surface area contributed by atoms with E-state index in [4.69, 9.17) is 4.74 Å². The molecular formula is C21H15Br3N2O6. The summed E-state index contributed by atoms with van der Waals surface area (Å²) in [7, 11) is 1.25. The average Bonchev–Trinajstić information content (AvgIpc) is 2.72. The van der Waals surface area contributed by atoms with Crippen LogP contribution in [0, 0.1) is 6.92 Å². The third-order valence-corrected chi connectivity index (χ3v) is 6.46. The number of carbonyl (C=O) groups excluding carboxylic acids is 4. The fourth-order valence-corrected chi connectivity index (χ4v) is 4.51. The largest absolute Gasteiger partial charge is 0.480 e. The van der Waals surface area contributed by atoms with Gasteiger partial charge in [0.25, 0.3) is 11.8 Å². The lowest BCUT2D eigenvalue weighted by Gasteiger charge is -2.26. The summed E-state index contributed by atoms with van der Waals surface area (Å²) in [5.74, 6) is -1.76. The lowest BCUT2D eigenvalue weighted by atomic mass is 10.1. The molecule has 1 N–H and O–H groups in total. The van der Waals surface area contributed by atoms with E-state index in [1.165, 1.54) is 13.2 Å². The molecule has 0 spiro atoms. The van der Waals surface area contributed by atoms with Crippen LogP contribution < -0.4 is 15.0 Å². The molecule has 0 aliphatic carbocycles. The summed E-state index contributed by atoms with van der Waals surface area (Å²) in [5.41, 5.74) is 1.42. The number of barbiturate groups is 1. The number of esters is 1. The molecule has 1 fully saturated rings. The highest BCUT2D eigenvalue weighted by Crippen LogP contribution is 2.36. The molecule has 11 heteroatoms. The molecule has 166 valence electrons. The Labute approximate surface area is 208 Å². The summed E-state index contributed by atoms with van der Waals surface area (Å²) in [6, 6.07) is 7.36. The standard InChI is InChI=1S/C21H15Br3N2O6/c1-10-5-12(3-4-14(10)22)26-20(29)13(19(28)25-21(26)30)6-11-7-15(23)18(16(24)8-11)32-9-17(27)31-2/h3-8H,9H2,1-2H3,(H,25,28,30)/b13-6+. The van der Waals surface area contributed by atoms with E-state index in [0.29, 0.717) is 25.9 Å². The van der Waals surface area contributed by atoms with Crippen LogP contribution in [0.2, 0.25) is 0 Å². The summed E-state index contributed by atoms with van der Waals surface area (Å²) in [6.45, 7) is 1.53. The van der Waals surface area contributed by atoms with E-state index in [-0.39, 0.29) is 12.2 Å². The predicted octanol–water partition coefficient (Wildman–Crippen LogP) is 4.50. The Balaban J connectivity index is 1.95. The molecule has 1 saturated heterocycles. The van der Waals surface area contributed by atoms with Crippen LogP contribution in [0.1, 0.15) is 11.1 Å². The van der Waals surface area contributed by atoms with E-state index in [0.717, 1.165) is 14.9 Å². The quantitative estimate of drug-likeness (QED) is 0.297. The molecule has 3 rings (SSSR count). The van der Waals surface area contributed by atoms with Crippen LogP contribution in [-0.2, 0) is 19.1 Å². The molecule has 0 bridgehead atoms. The van der Waals surface area contributed by atoms with Crippen molar-refractivity contribution in [2.24, 2.45) is 0 Å². The zero-order chi connectivity index (χ0) is 23.6. The van der Waals surface area contributed by atoms with Crippen LogP contribution >= 0.6 is 47.8 Å². The SMILES string of the molecule is COC(=O)COc1c(Br)cc(/C=C2\C(=O)NC(=O)N(c3ccc(Br)c(C)c3)C2=O)cc1Br. The number of ether oxygens (including phenoxy) is 2. The first kappa shape index (κ1) is 24.1. The van der Waals surface area contributed by atoms with Gasteiger partial charge in [-0.25, -0.2) is 14.5 Å². The second-order valence-electron chi connectivity index (χ2n) is 6.57. The van der Waals surface area contributed by atoms with Crippen LogP contribution in [0.5, 0.6) is 5.75 Å². The highest BCUT2D eigenvalue weighted by Gasteiger charge is 2.37. The molecule has 1 aliphatic heterocycles. The first-order chi connectivity index (χ1) is 15.1. The monoisotopic (exact) mass is 628 g/mol. The number of urea groups is 1. The van der Waals surface area contributed by atoms with E-state index in [9.17, 15) is 19.2 Å². The molecule has 1 aliphatic rings. The Morgan fingerprint density at radius 1 is 1.06 bits per heavy atom. The Bertz CT molecular complexity index is 1160. The van der Waals surface area contributed by atoms with Gasteiger partial charge in [0.15, 0.2) is 6.61 Å². The molecule has 0 saturated carbocycles. The fraction of sp³-hybridized carbons (Fsp3) is 0.143. The minimum Gasteiger partial charge on any atom is -0.480 e. The van der Waals surface area contributed by atoms with Gasteiger partial charge >= 0.3 is 12.0 Å². The van der Waals surface area contributed by atoms with Gasteiger partial charge in [-0.1, -0.05) is 15.9 Å². The minimum absolute atomic E-state index is 0.216. The number of nitrogens with one attached hydrogen (secondary N) is 1. The molecule has 2 aromatic carbocycles. The van der Waals surface area contributed by atoms with Crippen molar-refractivity contribution >= 4 is 83.4 Å². The van der Waals surface area contributed by atoms with Crippen molar-refractivity contribution in [3.63, 3.8) is 0 Å². The highest BCUT2D eigenvalue weighted by atomic mass is 79.9. The molecule has 32 heavy (non-hydrogen) atoms. The predicted molar refractivity (Wildman–Crippen MR) is 127 cm³/mol. The van der Waals surface area contributed by atoms with Gasteiger partial charge in [0.1, 0.15) is 11.3 Å². The maximum Gasteiger partial charge on any atom is 0.343 e. The van der Waals surface area contributed by atoms with Gasteiger partial charge in [0, 0.05) is 4.47 Å². The first-order valence-electron chi connectivity index (χ1n) is 8.98. The van der Waals surface area contributed by atoms with Gasteiger partial charge < -0.3 is 9.47 Å². The molecule has 4 amide bonds. The number of methoxy groups -OCH3 is 1. The maximum atomic E-state index is 13.1. The summed E-state index contributed by atoms with van der Waals surface area (Å²) in [4.78, 5) is 50.1. The number of hydrogen-bond acceptors (Lipinski definition) is 6. The molecule has 2 aromatic rings. The van der Waals surface area contributed by atoms with E-state index in [1.54, 1.807) is 30.3 Å². The molecule has 0 radical (unpaired) electrons. The minimum atomic E-state index is -0.826. The number of imide groups is 2. The summed E-state index contributed by atoms with van der Waals surface area (Å²) < 4.78 is 11.7. The molecule has 0 unspecified atom stereocenters. The van der Waals surface area contributed by atoms with Crippen molar-refractivity contribution in [2.75, 3.05) is 18.6 Å². The summed E-state index contributed by atoms with van der Waals surface area (Å²) in [5, 5.41) is 2.19. The van der Waals surface area contributed by atoms with Crippen LogP contribution in [0.25, 0.3) is 6.08 Å². The Morgan fingerprint density at radius 2 is 1.72 bits per heavy atom. The Morgan fingerprint density at radius 3 is 2.31 bits per heavy atom. The topological polar surface area (TPSA) is 102 Å². The van der Waals surface area contributed by atoms with Crippen LogP contribution in [0.3, 0.4) is 0 Å². The number of benzene rings is 2. The lowest BCUT2D eigenvalue weighted by molar-refractivity contribution is -0.143. The Hall–Kier alpha value is -2.50. The number of nitrogens with zero attached hydrogens (tertiary/aromatic N) is 1. The number of hydrogen-bond donors (Lipinski definition) is 1. The van der Waals surface area contributed by atoms with Gasteiger partial charge in [-0.2, -0.15) is 0 Å². The average molecular weight is 631 g/mol. The van der Waals surface area contributed by atoms with Gasteiger partial charge in [0.2, 0.25) is 0 Å². The zero-order valence-corrected chi connectivity index (χ0v) is 21.5. The van der Waals surface area contributed by atoms with E-state index < -0.39 is 23.8 Å². The summed E-state index contributed by atoms with van der Waals surface area (Å²) in [6.07, 6.45) is 1.36. The van der Waals surface area contributed by atoms with Crippen LogP contribution in [0.15, 0.2) is 49.3 Å². The molecule has 0 atom stereocenters. The summed E-state index contributed by atoms with van der Waals surface area (Å²) >= 11 is 10.1. The van der Waals surface area contributed by atoms with Crippen molar-refractivity contribution in [3.8, 4) is 5.75 Å². The van der Waals surface area contributed by atoms with Crippen LogP contribution in [-0.4, -0.2) is 37.5 Å². The second-order valence-corrected chi connectivity index (χ2v) is 9.13. The number of anilines is 1. The number of halogens is 3. The van der Waals surface area contributed by atoms with E-state index in [2.05, 4.69) is 57.8 Å². The van der Waals surface area contributed by atoms with Gasteiger partial charge in [-0.15, -0.1) is 0 Å². The molecule has 1 heterocycles. The normalized spacial score (nSPS) is 15.1. The van der Waals surface area contributed by atoms with Crippen molar-refractivity contribution < 1.29 is 28.7 Å². The molecule has 0 aromatic heterocycles. The fourth-order valence-electron chi connectivity index (χ4n) is 2.82. The van der Waals surface area contributed by atoms with Gasteiger partial charge in [-0.3, -0.25) is 14.9 Å². The van der Waals surface area contributed by atoms with Crippen molar-refractivity contribution in [1.82, 2.24) is 5.32 Å². The van der Waals surface area contributed by atoms with Crippen molar-refractivity contribution in [3.05, 3.63) is 60.5 Å². The number of amides is 4. The lowest BCUT2D eigenvalue weighted by Crippen LogP contribution is -2.54. The van der Waals surface area contributed by atoms with Crippen molar-refractivity contribution in [1.29, 1.82) is 0 Å². The number of rotatable bonds is 5. The third-order valence-electron chi connectivity index (χ3n) is 4.40. The van der Waals surface area contributed by atoms with Crippen LogP contribution in [0.4, 0.5) is 10.5 Å². The maximum absolute atomic E-state index is 13.1. The smallest absolute Gasteiger partial charge is 0.343 e. The highest BCUT2D eigenvalue weighted by molar-refractivity contribution is 9.11. The van der Waals surface area contributed by atoms with E-state index in [1.807, 2.05) is 6.92 Å². The zero-order valence-electron chi connectivity index (χ0n) is 16.7.